The van der Waals surface area contributed by atoms with Crippen molar-refractivity contribution in [2.24, 2.45) is 0 Å². The van der Waals surface area contributed by atoms with E-state index in [1.165, 1.54) is 10.5 Å². The molecule has 7 nitrogen and oxygen atoms in total. The number of carbonyl (C=O) groups is 2. The summed E-state index contributed by atoms with van der Waals surface area (Å²) in [5.74, 6) is -0.0125. The fourth-order valence-corrected chi connectivity index (χ4v) is 5.18. The van der Waals surface area contributed by atoms with E-state index in [2.05, 4.69) is 13.8 Å². The summed E-state index contributed by atoms with van der Waals surface area (Å²) in [4.78, 5) is 25.7. The van der Waals surface area contributed by atoms with Crippen molar-refractivity contribution in [3.8, 4) is 5.75 Å². The molecule has 28 heavy (non-hydrogen) atoms. The van der Waals surface area contributed by atoms with Gasteiger partial charge in [0.05, 0.1) is 11.5 Å². The number of aryl methyl sites for hydroxylation is 1. The summed E-state index contributed by atoms with van der Waals surface area (Å²) < 4.78 is 33.7. The second-order valence-corrected chi connectivity index (χ2v) is 9.59. The monoisotopic (exact) mass is 411 g/mol. The lowest BCUT2D eigenvalue weighted by molar-refractivity contribution is -0.154. The van der Waals surface area contributed by atoms with Crippen molar-refractivity contribution in [2.45, 2.75) is 46.1 Å². The Morgan fingerprint density at radius 3 is 2.50 bits per heavy atom. The van der Waals surface area contributed by atoms with E-state index in [1.807, 2.05) is 19.1 Å². The Kier molecular flexibility index (Phi) is 7.46. The Morgan fingerprint density at radius 2 is 1.96 bits per heavy atom. The Balaban J connectivity index is 1.81. The van der Waals surface area contributed by atoms with Crippen LogP contribution in [0.2, 0.25) is 0 Å². The van der Waals surface area contributed by atoms with Crippen LogP contribution in [0, 0.1) is 6.92 Å². The molecule has 1 aromatic rings. The van der Waals surface area contributed by atoms with Crippen molar-refractivity contribution in [1.82, 2.24) is 4.90 Å². The van der Waals surface area contributed by atoms with Gasteiger partial charge in [0.1, 0.15) is 5.75 Å². The summed E-state index contributed by atoms with van der Waals surface area (Å²) in [6, 6.07) is 5.30. The number of benzene rings is 1. The van der Waals surface area contributed by atoms with Gasteiger partial charge in [-0.2, -0.15) is 0 Å². The molecule has 0 radical (unpaired) electrons. The second-order valence-electron chi connectivity index (χ2n) is 7.36. The van der Waals surface area contributed by atoms with Crippen LogP contribution in [0.15, 0.2) is 18.2 Å². The molecular formula is C20H29NO6S. The average molecular weight is 412 g/mol. The fourth-order valence-electron chi connectivity index (χ4n) is 3.45. The van der Waals surface area contributed by atoms with Crippen molar-refractivity contribution >= 4 is 21.7 Å². The molecular weight excluding hydrogens is 382 g/mol. The van der Waals surface area contributed by atoms with Crippen LogP contribution in [-0.4, -0.2) is 62.5 Å². The minimum Gasteiger partial charge on any atom is -0.482 e. The summed E-state index contributed by atoms with van der Waals surface area (Å²) in [5.41, 5.74) is 2.30. The number of nitrogens with zero attached hydrogens (tertiary/aromatic N) is 1. The third-order valence-corrected chi connectivity index (χ3v) is 6.64. The summed E-state index contributed by atoms with van der Waals surface area (Å²) in [6.07, 6.45) is 0.421. The van der Waals surface area contributed by atoms with E-state index in [0.29, 0.717) is 24.6 Å². The molecule has 1 heterocycles. The molecule has 0 aliphatic carbocycles. The molecule has 1 saturated heterocycles. The molecule has 1 amide bonds. The van der Waals surface area contributed by atoms with Crippen molar-refractivity contribution < 1.29 is 27.5 Å². The first-order valence-corrected chi connectivity index (χ1v) is 11.3. The second kappa shape index (κ2) is 9.41. The number of likely N-dealkylation sites (N-methyl/N-ethyl adjacent to an activating group) is 1. The normalized spacial score (nSPS) is 18.1. The minimum absolute atomic E-state index is 0.0324. The van der Waals surface area contributed by atoms with Gasteiger partial charge in [-0.1, -0.05) is 19.9 Å². The molecule has 1 atom stereocenters. The molecule has 1 aliphatic heterocycles. The van der Waals surface area contributed by atoms with Crippen LogP contribution in [0.3, 0.4) is 0 Å². The Labute approximate surface area is 166 Å². The largest absolute Gasteiger partial charge is 0.482 e. The molecule has 0 spiro atoms. The number of esters is 1. The van der Waals surface area contributed by atoms with Gasteiger partial charge in [0.25, 0.3) is 5.91 Å². The first-order chi connectivity index (χ1) is 13.1. The first kappa shape index (κ1) is 22.2. The maximum atomic E-state index is 12.3. The number of ether oxygens (including phenoxy) is 2. The Bertz CT molecular complexity index is 818. The van der Waals surface area contributed by atoms with E-state index in [9.17, 15) is 18.0 Å². The highest BCUT2D eigenvalue weighted by Crippen LogP contribution is 2.23. The van der Waals surface area contributed by atoms with Gasteiger partial charge in [-0.25, -0.2) is 13.2 Å². The highest BCUT2D eigenvalue weighted by Gasteiger charge is 2.34. The molecule has 1 aromatic carbocycles. The van der Waals surface area contributed by atoms with Gasteiger partial charge in [0.15, 0.2) is 23.1 Å². The predicted molar refractivity (Wildman–Crippen MR) is 106 cm³/mol. The summed E-state index contributed by atoms with van der Waals surface area (Å²) in [5, 5.41) is 0. The van der Waals surface area contributed by atoms with Crippen molar-refractivity contribution in [1.29, 1.82) is 0 Å². The van der Waals surface area contributed by atoms with Crippen LogP contribution in [0.25, 0.3) is 0 Å². The lowest BCUT2D eigenvalue weighted by Crippen LogP contribution is -2.43. The van der Waals surface area contributed by atoms with Gasteiger partial charge in [-0.3, -0.25) is 4.79 Å². The van der Waals surface area contributed by atoms with E-state index in [1.54, 1.807) is 13.0 Å². The number of carbonyl (C=O) groups excluding carboxylic acids is 2. The van der Waals surface area contributed by atoms with Gasteiger partial charge < -0.3 is 14.4 Å². The lowest BCUT2D eigenvalue weighted by Gasteiger charge is -2.26. The molecule has 2 rings (SSSR count). The molecule has 156 valence electrons. The zero-order valence-electron chi connectivity index (χ0n) is 16.9. The van der Waals surface area contributed by atoms with Gasteiger partial charge in [-0.15, -0.1) is 0 Å². The minimum atomic E-state index is -3.09. The van der Waals surface area contributed by atoms with Crippen LogP contribution in [0.5, 0.6) is 5.75 Å². The summed E-state index contributed by atoms with van der Waals surface area (Å²) >= 11 is 0. The van der Waals surface area contributed by atoms with E-state index in [-0.39, 0.29) is 24.2 Å². The van der Waals surface area contributed by atoms with E-state index in [0.717, 1.165) is 5.56 Å². The standard InChI is InChI=1S/C20H29NO6S/c1-5-21(16-8-9-28(24,25)13-16)19(22)11-27-20(23)12-26-17-6-7-18(14(2)3)15(4)10-17/h6-7,10,14,16H,5,8-9,11-13H2,1-4H3/t16-/m0/s1. The van der Waals surface area contributed by atoms with Crippen LogP contribution in [-0.2, 0) is 24.2 Å². The van der Waals surface area contributed by atoms with Crippen molar-refractivity contribution in [3.05, 3.63) is 29.3 Å². The maximum Gasteiger partial charge on any atom is 0.344 e. The van der Waals surface area contributed by atoms with E-state index >= 15 is 0 Å². The van der Waals surface area contributed by atoms with E-state index < -0.39 is 28.3 Å². The predicted octanol–water partition coefficient (Wildman–Crippen LogP) is 2.08. The average Bonchev–Trinajstić information content (AvgIpc) is 2.98. The Morgan fingerprint density at radius 1 is 1.25 bits per heavy atom. The SMILES string of the molecule is CCN(C(=O)COC(=O)COc1ccc(C(C)C)c(C)c1)[C@H]1CCS(=O)(=O)C1. The Hall–Kier alpha value is -2.09. The van der Waals surface area contributed by atoms with Crippen LogP contribution in [0.1, 0.15) is 44.2 Å². The third-order valence-electron chi connectivity index (χ3n) is 4.89. The molecule has 0 unspecified atom stereocenters. The number of rotatable bonds is 8. The quantitative estimate of drug-likeness (QED) is 0.609. The van der Waals surface area contributed by atoms with E-state index in [4.69, 9.17) is 9.47 Å². The van der Waals surface area contributed by atoms with Gasteiger partial charge in [0.2, 0.25) is 0 Å². The molecule has 0 aromatic heterocycles. The lowest BCUT2D eigenvalue weighted by atomic mass is 9.98. The van der Waals surface area contributed by atoms with Crippen molar-refractivity contribution in [3.63, 3.8) is 0 Å². The smallest absolute Gasteiger partial charge is 0.344 e. The molecule has 0 N–H and O–H groups in total. The highest BCUT2D eigenvalue weighted by atomic mass is 32.2. The first-order valence-electron chi connectivity index (χ1n) is 9.51. The number of hydrogen-bond donors (Lipinski definition) is 0. The van der Waals surface area contributed by atoms with Crippen LogP contribution >= 0.6 is 0 Å². The molecule has 1 fully saturated rings. The topological polar surface area (TPSA) is 90.0 Å². The number of hydrogen-bond acceptors (Lipinski definition) is 6. The zero-order valence-corrected chi connectivity index (χ0v) is 17.8. The molecule has 8 heteroatoms. The summed E-state index contributed by atoms with van der Waals surface area (Å²) in [6.45, 7) is 7.64. The van der Waals surface area contributed by atoms with Gasteiger partial charge in [0, 0.05) is 12.6 Å². The number of amides is 1. The van der Waals surface area contributed by atoms with Crippen molar-refractivity contribution in [2.75, 3.05) is 31.3 Å². The summed E-state index contributed by atoms with van der Waals surface area (Å²) in [7, 11) is -3.09. The fraction of sp³-hybridized carbons (Fsp3) is 0.600. The zero-order chi connectivity index (χ0) is 20.9. The maximum absolute atomic E-state index is 12.3. The number of sulfone groups is 1. The molecule has 0 saturated carbocycles. The van der Waals surface area contributed by atoms with Gasteiger partial charge >= 0.3 is 5.97 Å². The molecule has 1 aliphatic rings. The third kappa shape index (κ3) is 5.95. The van der Waals surface area contributed by atoms with Crippen LogP contribution in [0.4, 0.5) is 0 Å². The highest BCUT2D eigenvalue weighted by molar-refractivity contribution is 7.91. The van der Waals surface area contributed by atoms with Crippen LogP contribution < -0.4 is 4.74 Å². The van der Waals surface area contributed by atoms with Gasteiger partial charge in [-0.05, 0) is 49.4 Å². The molecule has 0 bridgehead atoms.